The topological polar surface area (TPSA) is 121 Å². The first-order valence-electron chi connectivity index (χ1n) is 11.1. The molecule has 35 heavy (non-hydrogen) atoms. The zero-order valence-electron chi connectivity index (χ0n) is 20.0. The van der Waals surface area contributed by atoms with Gasteiger partial charge in [-0.25, -0.2) is 0 Å². The van der Waals surface area contributed by atoms with Gasteiger partial charge in [0.25, 0.3) is 17.5 Å². The van der Waals surface area contributed by atoms with E-state index >= 15 is 0 Å². The quantitative estimate of drug-likeness (QED) is 0.301. The molecular formula is C24H29N3O8. The molecule has 0 aromatic heterocycles. The molecule has 2 aromatic carbocycles. The molecule has 1 aliphatic heterocycles. The summed E-state index contributed by atoms with van der Waals surface area (Å²) in [7, 11) is 4.41. The molecule has 2 aromatic rings. The van der Waals surface area contributed by atoms with E-state index in [9.17, 15) is 19.7 Å². The number of amides is 2. The molecule has 0 bridgehead atoms. The molecule has 1 fully saturated rings. The fraction of sp³-hybridized carbons (Fsp3) is 0.417. The number of carbonyl (C=O) groups is 2. The van der Waals surface area contributed by atoms with Crippen molar-refractivity contribution in [1.29, 1.82) is 0 Å². The van der Waals surface area contributed by atoms with E-state index in [0.717, 1.165) is 0 Å². The van der Waals surface area contributed by atoms with Gasteiger partial charge in [-0.05, 0) is 18.6 Å². The highest BCUT2D eigenvalue weighted by Crippen LogP contribution is 2.35. The van der Waals surface area contributed by atoms with Crippen LogP contribution in [0.25, 0.3) is 0 Å². The van der Waals surface area contributed by atoms with Crippen LogP contribution in [0, 0.1) is 10.1 Å². The standard InChI is InChI=1S/C24H29N3O8/c1-32-13-14-35-22-16-19(27(30)31)18(15-21(22)34-3)24(29)26-10-6-9-25(11-12-26)23(28)17-7-4-5-8-20(17)33-2/h4-5,7-8,15-16H,6,9-14H2,1-3H3. The molecule has 0 unspecified atom stereocenters. The largest absolute Gasteiger partial charge is 0.496 e. The summed E-state index contributed by atoms with van der Waals surface area (Å²) >= 11 is 0. The zero-order valence-corrected chi connectivity index (χ0v) is 20.0. The van der Waals surface area contributed by atoms with Crippen LogP contribution in [0.5, 0.6) is 17.2 Å². The molecule has 188 valence electrons. The summed E-state index contributed by atoms with van der Waals surface area (Å²) in [6.45, 7) is 1.75. The monoisotopic (exact) mass is 487 g/mol. The molecule has 2 amide bonds. The molecule has 0 radical (unpaired) electrons. The third kappa shape index (κ3) is 5.99. The molecule has 0 aliphatic carbocycles. The van der Waals surface area contributed by atoms with Crippen molar-refractivity contribution >= 4 is 17.5 Å². The number of nitro groups is 1. The second-order valence-electron chi connectivity index (χ2n) is 7.76. The van der Waals surface area contributed by atoms with Crippen molar-refractivity contribution in [3.8, 4) is 17.2 Å². The van der Waals surface area contributed by atoms with Crippen molar-refractivity contribution in [3.63, 3.8) is 0 Å². The van der Waals surface area contributed by atoms with Crippen LogP contribution in [0.4, 0.5) is 5.69 Å². The minimum atomic E-state index is -0.620. The lowest BCUT2D eigenvalue weighted by atomic mass is 10.1. The molecular weight excluding hydrogens is 458 g/mol. The van der Waals surface area contributed by atoms with E-state index in [1.807, 2.05) is 0 Å². The van der Waals surface area contributed by atoms with Gasteiger partial charge >= 0.3 is 0 Å². The molecule has 1 heterocycles. The van der Waals surface area contributed by atoms with Gasteiger partial charge in [0.05, 0.1) is 37.4 Å². The normalized spacial score (nSPS) is 13.7. The third-order valence-corrected chi connectivity index (χ3v) is 5.66. The number of para-hydroxylation sites is 1. The average Bonchev–Trinajstić information content (AvgIpc) is 3.14. The number of hydrogen-bond donors (Lipinski definition) is 0. The number of ether oxygens (including phenoxy) is 4. The number of methoxy groups -OCH3 is 3. The number of hydrogen-bond acceptors (Lipinski definition) is 8. The van der Waals surface area contributed by atoms with Crippen molar-refractivity contribution in [2.45, 2.75) is 6.42 Å². The van der Waals surface area contributed by atoms with Gasteiger partial charge in [0.1, 0.15) is 17.9 Å². The Kier molecular flexibility index (Phi) is 8.85. The fourth-order valence-electron chi connectivity index (χ4n) is 3.86. The number of rotatable bonds is 9. The minimum Gasteiger partial charge on any atom is -0.496 e. The highest BCUT2D eigenvalue weighted by atomic mass is 16.6. The van der Waals surface area contributed by atoms with E-state index < -0.39 is 10.8 Å². The molecule has 1 saturated heterocycles. The minimum absolute atomic E-state index is 0.101. The smallest absolute Gasteiger partial charge is 0.286 e. The summed E-state index contributed by atoms with van der Waals surface area (Å²) in [5, 5.41) is 11.8. The number of nitro benzene ring substituents is 1. The first-order valence-corrected chi connectivity index (χ1v) is 11.1. The molecule has 3 rings (SSSR count). The molecule has 0 spiro atoms. The molecule has 11 nitrogen and oxygen atoms in total. The summed E-state index contributed by atoms with van der Waals surface area (Å²) in [5.41, 5.74) is -0.0379. The van der Waals surface area contributed by atoms with Gasteiger partial charge in [-0.1, -0.05) is 12.1 Å². The van der Waals surface area contributed by atoms with Crippen LogP contribution >= 0.6 is 0 Å². The second-order valence-corrected chi connectivity index (χ2v) is 7.76. The van der Waals surface area contributed by atoms with Gasteiger partial charge in [0.15, 0.2) is 11.5 Å². The van der Waals surface area contributed by atoms with Gasteiger partial charge in [-0.3, -0.25) is 19.7 Å². The molecule has 0 N–H and O–H groups in total. The third-order valence-electron chi connectivity index (χ3n) is 5.66. The predicted octanol–water partition coefficient (Wildman–Crippen LogP) is 2.63. The Labute approximate surface area is 203 Å². The summed E-state index contributed by atoms with van der Waals surface area (Å²) in [4.78, 5) is 40.7. The molecule has 11 heteroatoms. The zero-order chi connectivity index (χ0) is 25.4. The Hall–Kier alpha value is -3.86. The lowest BCUT2D eigenvalue weighted by molar-refractivity contribution is -0.385. The van der Waals surface area contributed by atoms with Gasteiger partial charge in [0.2, 0.25) is 0 Å². The van der Waals surface area contributed by atoms with E-state index in [1.54, 1.807) is 29.2 Å². The highest BCUT2D eigenvalue weighted by Gasteiger charge is 2.30. The summed E-state index contributed by atoms with van der Waals surface area (Å²) in [6, 6.07) is 9.48. The Morgan fingerprint density at radius 3 is 2.09 bits per heavy atom. The predicted molar refractivity (Wildman–Crippen MR) is 126 cm³/mol. The van der Waals surface area contributed by atoms with Crippen molar-refractivity contribution < 1.29 is 33.5 Å². The van der Waals surface area contributed by atoms with E-state index in [2.05, 4.69) is 0 Å². The number of carbonyl (C=O) groups excluding carboxylic acids is 2. The summed E-state index contributed by atoms with van der Waals surface area (Å²) < 4.78 is 21.1. The van der Waals surface area contributed by atoms with Crippen molar-refractivity contribution in [2.75, 3.05) is 60.7 Å². The first-order chi connectivity index (χ1) is 16.9. The Morgan fingerprint density at radius 2 is 1.49 bits per heavy atom. The molecule has 0 atom stereocenters. The van der Waals surface area contributed by atoms with E-state index in [0.29, 0.717) is 30.8 Å². The van der Waals surface area contributed by atoms with Gasteiger partial charge in [-0.15, -0.1) is 0 Å². The lowest BCUT2D eigenvalue weighted by Crippen LogP contribution is -2.37. The SMILES string of the molecule is COCCOc1cc([N+](=O)[O-])c(C(=O)N2CCCN(C(=O)c3ccccc3OC)CC2)cc1OC. The van der Waals surface area contributed by atoms with E-state index in [1.165, 1.54) is 38.4 Å². The number of nitrogens with zero attached hydrogens (tertiary/aromatic N) is 3. The first kappa shape index (κ1) is 25.8. The van der Waals surface area contributed by atoms with Crippen LogP contribution < -0.4 is 14.2 Å². The van der Waals surface area contributed by atoms with Crippen LogP contribution in [-0.2, 0) is 4.74 Å². The van der Waals surface area contributed by atoms with Gasteiger partial charge < -0.3 is 28.7 Å². The van der Waals surface area contributed by atoms with Crippen molar-refractivity contribution in [1.82, 2.24) is 9.80 Å². The Balaban J connectivity index is 1.80. The second kappa shape index (κ2) is 12.0. The maximum absolute atomic E-state index is 13.3. The maximum atomic E-state index is 13.3. The van der Waals surface area contributed by atoms with Crippen LogP contribution in [-0.4, -0.2) is 87.3 Å². The Bertz CT molecular complexity index is 1070. The van der Waals surface area contributed by atoms with E-state index in [4.69, 9.17) is 18.9 Å². The van der Waals surface area contributed by atoms with Crippen LogP contribution in [0.3, 0.4) is 0 Å². The van der Waals surface area contributed by atoms with Crippen molar-refractivity contribution in [2.24, 2.45) is 0 Å². The van der Waals surface area contributed by atoms with Crippen LogP contribution in [0.15, 0.2) is 36.4 Å². The van der Waals surface area contributed by atoms with Gasteiger partial charge in [-0.2, -0.15) is 0 Å². The van der Waals surface area contributed by atoms with Crippen LogP contribution in [0.1, 0.15) is 27.1 Å². The highest BCUT2D eigenvalue weighted by molar-refractivity contribution is 5.99. The maximum Gasteiger partial charge on any atom is 0.286 e. The van der Waals surface area contributed by atoms with Crippen molar-refractivity contribution in [3.05, 3.63) is 57.6 Å². The average molecular weight is 488 g/mol. The van der Waals surface area contributed by atoms with Crippen LogP contribution in [0.2, 0.25) is 0 Å². The lowest BCUT2D eigenvalue weighted by Gasteiger charge is -2.23. The number of benzene rings is 2. The van der Waals surface area contributed by atoms with Gasteiger partial charge in [0, 0.05) is 39.4 Å². The molecule has 0 saturated carbocycles. The summed E-state index contributed by atoms with van der Waals surface area (Å²) in [5.74, 6) is 0.132. The summed E-state index contributed by atoms with van der Waals surface area (Å²) in [6.07, 6.45) is 0.524. The Morgan fingerprint density at radius 1 is 0.857 bits per heavy atom. The molecule has 1 aliphatic rings. The fourth-order valence-corrected chi connectivity index (χ4v) is 3.86. The van der Waals surface area contributed by atoms with E-state index in [-0.39, 0.29) is 55.0 Å².